The molecule has 1 saturated heterocycles. The number of carbonyl (C=O) groups is 4. The monoisotopic (exact) mass is 761 g/mol. The second-order valence-electron chi connectivity index (χ2n) is 16.7. The molecule has 2 aliphatic carbocycles. The van der Waals surface area contributed by atoms with Crippen LogP contribution in [0.15, 0.2) is 0 Å². The summed E-state index contributed by atoms with van der Waals surface area (Å²) >= 11 is 0. The third kappa shape index (κ3) is 12.6. The van der Waals surface area contributed by atoms with E-state index in [-0.39, 0.29) is 72.5 Å². The number of hydrogen-bond donors (Lipinski definition) is 4. The van der Waals surface area contributed by atoms with E-state index in [1.165, 1.54) is 0 Å². The predicted molar refractivity (Wildman–Crippen MR) is 220 cm³/mol. The summed E-state index contributed by atoms with van der Waals surface area (Å²) in [5, 5.41) is 13.0. The number of hydrogen-bond acceptors (Lipinski definition) is 4. The van der Waals surface area contributed by atoms with Gasteiger partial charge in [-0.2, -0.15) is 0 Å². The van der Waals surface area contributed by atoms with Crippen LogP contribution in [0.4, 0.5) is 19.2 Å². The molecule has 12 nitrogen and oxygen atoms in total. The number of nitrogens with one attached hydrogen (secondary N) is 4. The molecule has 0 aromatic carbocycles. The van der Waals surface area contributed by atoms with E-state index in [0.717, 1.165) is 103 Å². The van der Waals surface area contributed by atoms with Gasteiger partial charge in [0.2, 0.25) is 0 Å². The van der Waals surface area contributed by atoms with Crippen LogP contribution >= 0.6 is 0 Å². The van der Waals surface area contributed by atoms with Crippen molar-refractivity contribution in [2.24, 2.45) is 0 Å². The Morgan fingerprint density at radius 3 is 0.796 bits per heavy atom. The first kappa shape index (κ1) is 45.5. The third-order valence-corrected chi connectivity index (χ3v) is 12.2. The van der Waals surface area contributed by atoms with E-state index in [9.17, 15) is 19.2 Å². The molecule has 3 fully saturated rings. The summed E-state index contributed by atoms with van der Waals surface area (Å²) in [7, 11) is 0. The fourth-order valence-electron chi connectivity index (χ4n) is 9.49. The molecule has 8 amide bonds. The molecule has 8 atom stereocenters. The Balaban J connectivity index is 2.22. The second kappa shape index (κ2) is 23.9. The molecule has 1 heterocycles. The standard InChI is InChI=1S/C42H80N8O4/c1-9-13-25-43-39(51)47-31(5)29-32(6)49(41(53)45-27-15-11-3)37-23-19-20-24-38(37)50(42(54)46-28-16-12-4)34(8)30-33(7)48(40(52)44-26-14-10-2)36-22-18-17-21-35(36)47/h31-38H,9-30H2,1-8H3,(H,43,51)(H,44,52)(H,45,53)(H,46,54)/t31-,32+,33+,34-,35+,36-,37-,38+. The average molecular weight is 761 g/mol. The maximum absolute atomic E-state index is 14.4. The smallest absolute Gasteiger partial charge is 0.317 e. The zero-order valence-electron chi connectivity index (χ0n) is 35.6. The highest BCUT2D eigenvalue weighted by Crippen LogP contribution is 2.36. The molecule has 0 aromatic rings. The Bertz CT molecular complexity index is 972. The second-order valence-corrected chi connectivity index (χ2v) is 16.7. The summed E-state index contributed by atoms with van der Waals surface area (Å²) < 4.78 is 0. The zero-order chi connectivity index (χ0) is 39.6. The van der Waals surface area contributed by atoms with Gasteiger partial charge in [-0.3, -0.25) is 0 Å². The first-order valence-electron chi connectivity index (χ1n) is 22.3. The van der Waals surface area contributed by atoms with Gasteiger partial charge in [0.25, 0.3) is 0 Å². The van der Waals surface area contributed by atoms with Crippen molar-refractivity contribution in [1.82, 2.24) is 40.9 Å². The first-order chi connectivity index (χ1) is 26.0. The minimum Gasteiger partial charge on any atom is -0.338 e. The number of carbonyl (C=O) groups excluding carboxylic acids is 4. The first-order valence-corrected chi connectivity index (χ1v) is 22.3. The summed E-state index contributed by atoms with van der Waals surface area (Å²) in [6.07, 6.45) is 15.9. The van der Waals surface area contributed by atoms with Gasteiger partial charge in [-0.25, -0.2) is 19.2 Å². The van der Waals surface area contributed by atoms with Crippen molar-refractivity contribution in [3.05, 3.63) is 0 Å². The highest BCUT2D eigenvalue weighted by atomic mass is 16.2. The van der Waals surface area contributed by atoms with E-state index < -0.39 is 0 Å². The molecule has 54 heavy (non-hydrogen) atoms. The van der Waals surface area contributed by atoms with Gasteiger partial charge < -0.3 is 40.9 Å². The van der Waals surface area contributed by atoms with Crippen molar-refractivity contribution in [1.29, 1.82) is 0 Å². The SMILES string of the molecule is CCCCNC(=O)N1[C@@H]2CCCC[C@@H]2N(C(=O)NCCCC)[C@H](C)C[C@H](C)N(C(=O)NCCCC)[C@@H]2CCCC[C@@H]2N(C(=O)NCCCC)[C@H](C)C[C@@H]1C. The molecule has 0 aromatic heterocycles. The Morgan fingerprint density at radius 2 is 0.611 bits per heavy atom. The molecule has 312 valence electrons. The number of unbranched alkanes of at least 4 members (excludes halogenated alkanes) is 4. The number of amides is 8. The summed E-state index contributed by atoms with van der Waals surface area (Å²) in [4.78, 5) is 65.8. The van der Waals surface area contributed by atoms with Gasteiger partial charge in [-0.05, 0) is 91.9 Å². The van der Waals surface area contributed by atoms with Crippen LogP contribution in [-0.4, -0.2) is 118 Å². The van der Waals surface area contributed by atoms with E-state index in [1.807, 2.05) is 0 Å². The normalized spacial score (nSPS) is 28.3. The van der Waals surface area contributed by atoms with Crippen LogP contribution in [0.3, 0.4) is 0 Å². The van der Waals surface area contributed by atoms with Gasteiger partial charge in [0.05, 0.1) is 24.2 Å². The summed E-state index contributed by atoms with van der Waals surface area (Å²) in [5.74, 6) is 0. The van der Waals surface area contributed by atoms with Crippen molar-refractivity contribution in [3.63, 3.8) is 0 Å². The molecule has 0 unspecified atom stereocenters. The lowest BCUT2D eigenvalue weighted by Crippen LogP contribution is -2.66. The van der Waals surface area contributed by atoms with E-state index in [1.54, 1.807) is 0 Å². The van der Waals surface area contributed by atoms with Gasteiger partial charge in [0.15, 0.2) is 0 Å². The summed E-state index contributed by atoms with van der Waals surface area (Å²) in [6, 6.07) is -1.82. The van der Waals surface area contributed by atoms with E-state index in [2.05, 4.69) is 96.3 Å². The number of nitrogens with zero attached hydrogens (tertiary/aromatic N) is 4. The van der Waals surface area contributed by atoms with Gasteiger partial charge in [0.1, 0.15) is 0 Å². The summed E-state index contributed by atoms with van der Waals surface area (Å²) in [6.45, 7) is 19.4. The fraction of sp³-hybridized carbons (Fsp3) is 0.905. The lowest BCUT2D eigenvalue weighted by Gasteiger charge is -2.52. The third-order valence-electron chi connectivity index (χ3n) is 12.2. The van der Waals surface area contributed by atoms with Crippen molar-refractivity contribution in [2.45, 2.75) is 219 Å². The molecule has 12 heteroatoms. The highest BCUT2D eigenvalue weighted by Gasteiger charge is 2.46. The molecule has 4 N–H and O–H groups in total. The van der Waals surface area contributed by atoms with Gasteiger partial charge in [0, 0.05) is 50.3 Å². The highest BCUT2D eigenvalue weighted by molar-refractivity contribution is 5.78. The molecular formula is C42H80N8O4. The summed E-state index contributed by atoms with van der Waals surface area (Å²) in [5.41, 5.74) is 0. The Morgan fingerprint density at radius 1 is 0.407 bits per heavy atom. The van der Waals surface area contributed by atoms with E-state index in [0.29, 0.717) is 39.0 Å². The minimum absolute atomic E-state index is 0.0797. The predicted octanol–water partition coefficient (Wildman–Crippen LogP) is 8.20. The Kier molecular flexibility index (Phi) is 20.1. The lowest BCUT2D eigenvalue weighted by molar-refractivity contribution is 0.00942. The molecule has 3 rings (SSSR count). The molecule has 0 bridgehead atoms. The van der Waals surface area contributed by atoms with E-state index >= 15 is 0 Å². The van der Waals surface area contributed by atoms with Crippen LogP contribution in [0, 0.1) is 0 Å². The average Bonchev–Trinajstić information content (AvgIpc) is 3.13. The van der Waals surface area contributed by atoms with Gasteiger partial charge in [-0.15, -0.1) is 0 Å². The number of fused-ring (bicyclic) bond motifs is 2. The quantitative estimate of drug-likeness (QED) is 0.150. The Labute approximate surface area is 329 Å². The number of rotatable bonds is 12. The largest absolute Gasteiger partial charge is 0.338 e. The maximum atomic E-state index is 14.4. The Hall–Kier alpha value is -2.92. The van der Waals surface area contributed by atoms with Crippen LogP contribution in [0.25, 0.3) is 0 Å². The van der Waals surface area contributed by atoms with Crippen LogP contribution in [-0.2, 0) is 0 Å². The van der Waals surface area contributed by atoms with E-state index in [4.69, 9.17) is 0 Å². The maximum Gasteiger partial charge on any atom is 0.317 e. The van der Waals surface area contributed by atoms with Crippen LogP contribution in [0.2, 0.25) is 0 Å². The molecule has 1 aliphatic heterocycles. The molecule has 0 radical (unpaired) electrons. The van der Waals surface area contributed by atoms with Crippen molar-refractivity contribution in [2.75, 3.05) is 26.2 Å². The van der Waals surface area contributed by atoms with Crippen LogP contribution in [0.5, 0.6) is 0 Å². The van der Waals surface area contributed by atoms with Crippen LogP contribution in [0.1, 0.15) is 171 Å². The topological polar surface area (TPSA) is 129 Å². The van der Waals surface area contributed by atoms with Gasteiger partial charge in [-0.1, -0.05) is 79.1 Å². The van der Waals surface area contributed by atoms with Crippen molar-refractivity contribution in [3.8, 4) is 0 Å². The van der Waals surface area contributed by atoms with Crippen molar-refractivity contribution < 1.29 is 19.2 Å². The molecule has 0 spiro atoms. The van der Waals surface area contributed by atoms with Gasteiger partial charge >= 0.3 is 24.1 Å². The van der Waals surface area contributed by atoms with Crippen molar-refractivity contribution >= 4 is 24.1 Å². The van der Waals surface area contributed by atoms with Crippen LogP contribution < -0.4 is 21.3 Å². The minimum atomic E-state index is -0.198. The lowest BCUT2D eigenvalue weighted by atomic mass is 9.84. The molecular weight excluding hydrogens is 681 g/mol. The number of urea groups is 4. The molecule has 2 saturated carbocycles. The zero-order valence-corrected chi connectivity index (χ0v) is 35.6. The fourth-order valence-corrected chi connectivity index (χ4v) is 9.49. The molecule has 3 aliphatic rings.